The van der Waals surface area contributed by atoms with Crippen molar-refractivity contribution in [2.75, 3.05) is 20.1 Å². The molecule has 0 unspecified atom stereocenters. The molecule has 0 fully saturated rings. The third kappa shape index (κ3) is 3.78. The van der Waals surface area contributed by atoms with E-state index >= 15 is 0 Å². The van der Waals surface area contributed by atoms with E-state index in [2.05, 4.69) is 0 Å². The summed E-state index contributed by atoms with van der Waals surface area (Å²) in [6.45, 7) is 8.54. The fraction of sp³-hybridized carbons (Fsp3) is 0.571. The molecule has 0 amide bonds. The third-order valence-corrected chi connectivity index (χ3v) is 5.19. The van der Waals surface area contributed by atoms with Gasteiger partial charge in [-0.05, 0) is 37.4 Å². The highest BCUT2D eigenvalue weighted by molar-refractivity contribution is 7.89. The van der Waals surface area contributed by atoms with Crippen LogP contribution in [0.3, 0.4) is 0 Å². The number of rotatable bonds is 5. The van der Waals surface area contributed by atoms with Gasteiger partial charge in [0.05, 0.1) is 4.90 Å². The highest BCUT2D eigenvalue weighted by Crippen LogP contribution is 2.23. The number of nitrogens with two attached hydrogens (primary N) is 1. The minimum atomic E-state index is -3.45. The molecule has 4 nitrogen and oxygen atoms in total. The molecule has 1 aromatic carbocycles. The van der Waals surface area contributed by atoms with Crippen molar-refractivity contribution in [3.8, 4) is 0 Å². The first-order chi connectivity index (χ1) is 8.60. The smallest absolute Gasteiger partial charge is 0.243 e. The zero-order chi connectivity index (χ0) is 14.8. The molecule has 0 aliphatic carbocycles. The van der Waals surface area contributed by atoms with Crippen molar-refractivity contribution in [1.29, 1.82) is 0 Å². The average molecular weight is 284 g/mol. The van der Waals surface area contributed by atoms with Crippen LogP contribution < -0.4 is 5.73 Å². The van der Waals surface area contributed by atoms with Crippen LogP contribution in [0.15, 0.2) is 23.1 Å². The molecule has 0 radical (unpaired) electrons. The van der Waals surface area contributed by atoms with Crippen LogP contribution in [-0.4, -0.2) is 32.9 Å². The molecule has 0 atom stereocenters. The summed E-state index contributed by atoms with van der Waals surface area (Å²) >= 11 is 0. The van der Waals surface area contributed by atoms with Gasteiger partial charge in [0, 0.05) is 13.6 Å². The molecule has 1 rings (SSSR count). The molecule has 0 heterocycles. The lowest BCUT2D eigenvalue weighted by molar-refractivity contribution is 0.292. The molecule has 2 N–H and O–H groups in total. The van der Waals surface area contributed by atoms with E-state index in [1.165, 1.54) is 4.31 Å². The Morgan fingerprint density at radius 3 is 2.32 bits per heavy atom. The van der Waals surface area contributed by atoms with E-state index in [9.17, 15) is 8.42 Å². The van der Waals surface area contributed by atoms with Crippen LogP contribution in [0.25, 0.3) is 0 Å². The maximum absolute atomic E-state index is 12.5. The number of hydrogen-bond donors (Lipinski definition) is 1. The molecule has 5 heteroatoms. The van der Waals surface area contributed by atoms with E-state index < -0.39 is 10.0 Å². The van der Waals surface area contributed by atoms with Crippen molar-refractivity contribution in [1.82, 2.24) is 4.31 Å². The largest absolute Gasteiger partial charge is 0.330 e. The highest BCUT2D eigenvalue weighted by Gasteiger charge is 2.28. The Morgan fingerprint density at radius 2 is 1.84 bits per heavy atom. The number of hydrogen-bond acceptors (Lipinski definition) is 3. The van der Waals surface area contributed by atoms with Gasteiger partial charge in [0.15, 0.2) is 0 Å². The molecular formula is C14H24N2O2S. The number of nitrogens with zero attached hydrogens (tertiary/aromatic N) is 1. The van der Waals surface area contributed by atoms with Gasteiger partial charge in [-0.25, -0.2) is 12.7 Å². The van der Waals surface area contributed by atoms with Crippen LogP contribution in [0, 0.1) is 19.3 Å². The SMILES string of the molecule is Cc1ccc(S(=O)(=O)N(C)CC(C)(C)CN)c(C)c1. The van der Waals surface area contributed by atoms with Crippen molar-refractivity contribution in [2.24, 2.45) is 11.1 Å². The monoisotopic (exact) mass is 284 g/mol. The van der Waals surface area contributed by atoms with Gasteiger partial charge in [0.25, 0.3) is 0 Å². The predicted octanol–water partition coefficient (Wildman–Crippen LogP) is 1.91. The Bertz CT molecular complexity index is 551. The third-order valence-electron chi connectivity index (χ3n) is 3.22. The molecule has 0 aliphatic rings. The van der Waals surface area contributed by atoms with Crippen molar-refractivity contribution >= 4 is 10.0 Å². The summed E-state index contributed by atoms with van der Waals surface area (Å²) < 4.78 is 26.5. The molecule has 0 aromatic heterocycles. The van der Waals surface area contributed by atoms with Gasteiger partial charge in [-0.1, -0.05) is 31.5 Å². The molecule has 0 bridgehead atoms. The summed E-state index contributed by atoms with van der Waals surface area (Å²) in [7, 11) is -1.85. The summed E-state index contributed by atoms with van der Waals surface area (Å²) in [4.78, 5) is 0.369. The molecule has 19 heavy (non-hydrogen) atoms. The predicted molar refractivity (Wildman–Crippen MR) is 78.6 cm³/mol. The summed E-state index contributed by atoms with van der Waals surface area (Å²) in [5.41, 5.74) is 7.26. The van der Waals surface area contributed by atoms with Crippen LogP contribution >= 0.6 is 0 Å². The molecule has 1 aromatic rings. The Labute approximate surface area is 116 Å². The zero-order valence-electron chi connectivity index (χ0n) is 12.4. The van der Waals surface area contributed by atoms with Gasteiger partial charge in [0.1, 0.15) is 0 Å². The Morgan fingerprint density at radius 1 is 1.26 bits per heavy atom. The standard InChI is InChI=1S/C14H24N2O2S/c1-11-6-7-13(12(2)8-11)19(17,18)16(5)10-14(3,4)9-15/h6-8H,9-10,15H2,1-5H3. The second-order valence-corrected chi connectivity index (χ2v) is 7.91. The topological polar surface area (TPSA) is 63.4 Å². The van der Waals surface area contributed by atoms with Crippen LogP contribution in [0.4, 0.5) is 0 Å². The van der Waals surface area contributed by atoms with Gasteiger partial charge in [-0.2, -0.15) is 0 Å². The lowest BCUT2D eigenvalue weighted by Gasteiger charge is -2.28. The lowest BCUT2D eigenvalue weighted by Crippen LogP contribution is -2.39. The van der Waals surface area contributed by atoms with Crippen LogP contribution in [0.2, 0.25) is 0 Å². The van der Waals surface area contributed by atoms with Crippen LogP contribution in [0.1, 0.15) is 25.0 Å². The first-order valence-corrected chi connectivity index (χ1v) is 7.78. The first kappa shape index (κ1) is 16.1. The maximum Gasteiger partial charge on any atom is 0.243 e. The normalized spacial score (nSPS) is 13.0. The van der Waals surface area contributed by atoms with Crippen LogP contribution in [0.5, 0.6) is 0 Å². The summed E-state index contributed by atoms with van der Waals surface area (Å²) in [5.74, 6) is 0. The number of sulfonamides is 1. The Balaban J connectivity index is 3.10. The molecule has 0 spiro atoms. The molecule has 0 aliphatic heterocycles. The van der Waals surface area contributed by atoms with E-state index in [1.54, 1.807) is 13.1 Å². The summed E-state index contributed by atoms with van der Waals surface area (Å²) in [6, 6.07) is 5.38. The van der Waals surface area contributed by atoms with Gasteiger partial charge in [-0.3, -0.25) is 0 Å². The van der Waals surface area contributed by atoms with Crippen LogP contribution in [-0.2, 0) is 10.0 Å². The number of aryl methyl sites for hydroxylation is 2. The Kier molecular flexibility index (Phi) is 4.76. The second kappa shape index (κ2) is 5.61. The first-order valence-electron chi connectivity index (χ1n) is 6.34. The van der Waals surface area contributed by atoms with Crippen molar-refractivity contribution in [3.63, 3.8) is 0 Å². The minimum absolute atomic E-state index is 0.236. The fourth-order valence-corrected chi connectivity index (χ4v) is 3.57. The van der Waals surface area contributed by atoms with Gasteiger partial charge in [-0.15, -0.1) is 0 Å². The van der Waals surface area contributed by atoms with E-state index in [1.807, 2.05) is 39.8 Å². The van der Waals surface area contributed by atoms with E-state index in [-0.39, 0.29) is 5.41 Å². The highest BCUT2D eigenvalue weighted by atomic mass is 32.2. The van der Waals surface area contributed by atoms with Gasteiger partial charge < -0.3 is 5.73 Å². The fourth-order valence-electron chi connectivity index (χ4n) is 2.01. The molecule has 0 saturated heterocycles. The van der Waals surface area contributed by atoms with Gasteiger partial charge in [0.2, 0.25) is 10.0 Å². The zero-order valence-corrected chi connectivity index (χ0v) is 13.2. The molecule has 0 saturated carbocycles. The molecule has 108 valence electrons. The minimum Gasteiger partial charge on any atom is -0.330 e. The van der Waals surface area contributed by atoms with Crippen molar-refractivity contribution in [2.45, 2.75) is 32.6 Å². The van der Waals surface area contributed by atoms with Crippen molar-refractivity contribution < 1.29 is 8.42 Å². The summed E-state index contributed by atoms with van der Waals surface area (Å²) in [5, 5.41) is 0. The Hall–Kier alpha value is -0.910. The summed E-state index contributed by atoms with van der Waals surface area (Å²) in [6.07, 6.45) is 0. The van der Waals surface area contributed by atoms with E-state index in [0.717, 1.165) is 11.1 Å². The number of benzene rings is 1. The molecular weight excluding hydrogens is 260 g/mol. The average Bonchev–Trinajstić information content (AvgIpc) is 2.27. The van der Waals surface area contributed by atoms with E-state index in [4.69, 9.17) is 5.73 Å². The van der Waals surface area contributed by atoms with E-state index in [0.29, 0.717) is 18.0 Å². The van der Waals surface area contributed by atoms with Crippen molar-refractivity contribution in [3.05, 3.63) is 29.3 Å². The second-order valence-electron chi connectivity index (χ2n) is 5.90. The maximum atomic E-state index is 12.5. The lowest BCUT2D eigenvalue weighted by atomic mass is 9.94. The quantitative estimate of drug-likeness (QED) is 0.898. The van der Waals surface area contributed by atoms with Gasteiger partial charge >= 0.3 is 0 Å².